The third-order valence-electron chi connectivity index (χ3n) is 3.71. The van der Waals surface area contributed by atoms with E-state index in [1.165, 1.54) is 35.6 Å². The fraction of sp³-hybridized carbons (Fsp3) is 0.200. The molecule has 0 fully saturated rings. The van der Waals surface area contributed by atoms with Gasteiger partial charge in [0.1, 0.15) is 16.5 Å². The Morgan fingerprint density at radius 3 is 2.67 bits per heavy atom. The van der Waals surface area contributed by atoms with Crippen LogP contribution < -0.4 is 14.8 Å². The average molecular weight is 386 g/mol. The Bertz CT molecular complexity index is 925. The molecule has 0 aliphatic heterocycles. The molecule has 2 aromatic carbocycles. The Morgan fingerprint density at radius 2 is 1.96 bits per heavy atom. The molecule has 140 valence electrons. The maximum Gasteiger partial charge on any atom is 0.275 e. The molecule has 0 atom stereocenters. The second-order valence-electron chi connectivity index (χ2n) is 5.71. The van der Waals surface area contributed by atoms with Gasteiger partial charge in [-0.05, 0) is 48.9 Å². The van der Waals surface area contributed by atoms with Crippen molar-refractivity contribution in [2.24, 2.45) is 0 Å². The normalized spacial score (nSPS) is 10.5. The number of carbonyl (C=O) groups is 1. The Kier molecular flexibility index (Phi) is 6.03. The number of carbonyl (C=O) groups excluding carboxylic acids is 1. The lowest BCUT2D eigenvalue weighted by atomic mass is 10.2. The Labute approximate surface area is 160 Å². The number of benzene rings is 2. The fourth-order valence-corrected chi connectivity index (χ4v) is 3.17. The van der Waals surface area contributed by atoms with Crippen LogP contribution in [0.1, 0.15) is 23.8 Å². The molecule has 0 saturated carbocycles. The smallest absolute Gasteiger partial charge is 0.275 e. The minimum absolute atomic E-state index is 0.296. The summed E-state index contributed by atoms with van der Waals surface area (Å²) in [6.45, 7) is 2.65. The van der Waals surface area contributed by atoms with Gasteiger partial charge in [-0.15, -0.1) is 11.3 Å². The number of methoxy groups -OCH3 is 1. The van der Waals surface area contributed by atoms with Crippen LogP contribution in [0.5, 0.6) is 11.5 Å². The van der Waals surface area contributed by atoms with Crippen molar-refractivity contribution in [3.05, 3.63) is 59.4 Å². The topological polar surface area (TPSA) is 60.5 Å². The van der Waals surface area contributed by atoms with Crippen molar-refractivity contribution in [3.63, 3.8) is 0 Å². The number of hydrogen-bond donors (Lipinski definition) is 1. The Morgan fingerprint density at radius 1 is 1.19 bits per heavy atom. The summed E-state index contributed by atoms with van der Waals surface area (Å²) < 4.78 is 24.0. The molecule has 27 heavy (non-hydrogen) atoms. The van der Waals surface area contributed by atoms with Crippen LogP contribution in [0, 0.1) is 5.82 Å². The minimum Gasteiger partial charge on any atom is -0.493 e. The number of ether oxygens (including phenoxy) is 2. The molecule has 0 bridgehead atoms. The summed E-state index contributed by atoms with van der Waals surface area (Å²) in [4.78, 5) is 16.7. The van der Waals surface area contributed by atoms with Crippen LogP contribution >= 0.6 is 11.3 Å². The Balaban J connectivity index is 1.76. The second kappa shape index (κ2) is 8.64. The van der Waals surface area contributed by atoms with E-state index in [1.54, 1.807) is 12.5 Å². The summed E-state index contributed by atoms with van der Waals surface area (Å²) in [6.07, 6.45) is 0.907. The van der Waals surface area contributed by atoms with E-state index >= 15 is 0 Å². The molecule has 1 N–H and O–H groups in total. The highest BCUT2D eigenvalue weighted by atomic mass is 32.1. The molecular formula is C20H19FN2O3S. The van der Waals surface area contributed by atoms with E-state index in [1.807, 2.05) is 25.1 Å². The molecule has 0 unspecified atom stereocenters. The van der Waals surface area contributed by atoms with Crippen LogP contribution in [0.4, 0.5) is 10.1 Å². The van der Waals surface area contributed by atoms with Gasteiger partial charge in [0.25, 0.3) is 5.91 Å². The summed E-state index contributed by atoms with van der Waals surface area (Å²) in [6, 6.07) is 11.1. The highest BCUT2D eigenvalue weighted by Crippen LogP contribution is 2.34. The van der Waals surface area contributed by atoms with Crippen molar-refractivity contribution in [2.45, 2.75) is 13.3 Å². The number of aromatic nitrogens is 1. The third kappa shape index (κ3) is 4.62. The van der Waals surface area contributed by atoms with Gasteiger partial charge in [0.05, 0.1) is 13.7 Å². The molecule has 0 saturated heterocycles. The molecule has 5 nitrogen and oxygen atoms in total. The lowest BCUT2D eigenvalue weighted by molar-refractivity contribution is 0.102. The minimum atomic E-state index is -0.357. The molecule has 0 aliphatic carbocycles. The zero-order valence-electron chi connectivity index (χ0n) is 15.0. The van der Waals surface area contributed by atoms with Gasteiger partial charge in [-0.25, -0.2) is 9.37 Å². The maximum absolute atomic E-state index is 13.0. The molecule has 1 heterocycles. The molecule has 1 aromatic heterocycles. The highest BCUT2D eigenvalue weighted by Gasteiger charge is 2.14. The van der Waals surface area contributed by atoms with Crippen molar-refractivity contribution in [3.8, 4) is 22.1 Å². The van der Waals surface area contributed by atoms with Gasteiger partial charge in [0.2, 0.25) is 0 Å². The predicted molar refractivity (Wildman–Crippen MR) is 104 cm³/mol. The van der Waals surface area contributed by atoms with E-state index in [0.29, 0.717) is 34.5 Å². The number of halogens is 1. The molecule has 3 aromatic rings. The van der Waals surface area contributed by atoms with Crippen LogP contribution in [0.2, 0.25) is 0 Å². The highest BCUT2D eigenvalue weighted by molar-refractivity contribution is 7.13. The quantitative estimate of drug-likeness (QED) is 0.621. The maximum atomic E-state index is 13.0. The number of hydrogen-bond acceptors (Lipinski definition) is 5. The number of amides is 1. The van der Waals surface area contributed by atoms with Crippen molar-refractivity contribution in [1.29, 1.82) is 0 Å². The van der Waals surface area contributed by atoms with Gasteiger partial charge in [-0.3, -0.25) is 4.79 Å². The van der Waals surface area contributed by atoms with E-state index in [0.717, 1.165) is 12.0 Å². The fourth-order valence-electron chi connectivity index (χ4n) is 2.37. The van der Waals surface area contributed by atoms with Gasteiger partial charge in [-0.1, -0.05) is 6.92 Å². The molecule has 7 heteroatoms. The van der Waals surface area contributed by atoms with Crippen LogP contribution in [0.15, 0.2) is 47.8 Å². The van der Waals surface area contributed by atoms with Gasteiger partial charge < -0.3 is 14.8 Å². The zero-order chi connectivity index (χ0) is 19.2. The van der Waals surface area contributed by atoms with Gasteiger partial charge in [0, 0.05) is 16.6 Å². The van der Waals surface area contributed by atoms with Crippen LogP contribution in [0.25, 0.3) is 10.6 Å². The molecule has 0 aliphatic rings. The van der Waals surface area contributed by atoms with Gasteiger partial charge >= 0.3 is 0 Å². The summed E-state index contributed by atoms with van der Waals surface area (Å²) >= 11 is 1.36. The number of thiazole rings is 1. The third-order valence-corrected chi connectivity index (χ3v) is 4.60. The molecule has 0 spiro atoms. The lowest BCUT2D eigenvalue weighted by Gasteiger charge is -2.10. The van der Waals surface area contributed by atoms with Gasteiger partial charge in [-0.2, -0.15) is 0 Å². The monoisotopic (exact) mass is 386 g/mol. The average Bonchev–Trinajstić information content (AvgIpc) is 3.18. The van der Waals surface area contributed by atoms with Crippen LogP contribution in [0.3, 0.4) is 0 Å². The first-order chi connectivity index (χ1) is 13.1. The number of nitrogens with zero attached hydrogens (tertiary/aromatic N) is 1. The zero-order valence-corrected chi connectivity index (χ0v) is 15.8. The van der Waals surface area contributed by atoms with E-state index < -0.39 is 0 Å². The van der Waals surface area contributed by atoms with Crippen molar-refractivity contribution in [2.75, 3.05) is 19.0 Å². The van der Waals surface area contributed by atoms with E-state index in [9.17, 15) is 9.18 Å². The summed E-state index contributed by atoms with van der Waals surface area (Å²) in [7, 11) is 1.58. The molecular weight excluding hydrogens is 367 g/mol. The summed E-state index contributed by atoms with van der Waals surface area (Å²) in [5.74, 6) is 0.589. The largest absolute Gasteiger partial charge is 0.493 e. The first-order valence-corrected chi connectivity index (χ1v) is 9.32. The molecule has 1 amide bonds. The van der Waals surface area contributed by atoms with E-state index in [4.69, 9.17) is 9.47 Å². The van der Waals surface area contributed by atoms with Crippen molar-refractivity contribution < 1.29 is 18.7 Å². The van der Waals surface area contributed by atoms with Crippen molar-refractivity contribution in [1.82, 2.24) is 4.98 Å². The lowest BCUT2D eigenvalue weighted by Crippen LogP contribution is -2.12. The van der Waals surface area contributed by atoms with E-state index in [-0.39, 0.29) is 11.7 Å². The summed E-state index contributed by atoms with van der Waals surface area (Å²) in [5.41, 5.74) is 1.64. The van der Waals surface area contributed by atoms with Crippen LogP contribution in [-0.4, -0.2) is 24.6 Å². The first-order valence-electron chi connectivity index (χ1n) is 8.44. The number of rotatable bonds is 7. The number of anilines is 1. The van der Waals surface area contributed by atoms with E-state index in [2.05, 4.69) is 10.3 Å². The Hall–Kier alpha value is -2.93. The molecule has 3 rings (SSSR count). The predicted octanol–water partition coefficient (Wildman–Crippen LogP) is 5.00. The van der Waals surface area contributed by atoms with Gasteiger partial charge in [0.15, 0.2) is 11.5 Å². The second-order valence-corrected chi connectivity index (χ2v) is 6.57. The van der Waals surface area contributed by atoms with Crippen LogP contribution in [-0.2, 0) is 0 Å². The summed E-state index contributed by atoms with van der Waals surface area (Å²) in [5, 5.41) is 5.08. The number of nitrogens with one attached hydrogen (secondary N) is 1. The first kappa shape index (κ1) is 18.8. The SMILES string of the molecule is CCCOc1ccc(-c2nc(C(=O)Nc3ccc(F)cc3)cs2)cc1OC. The standard InChI is InChI=1S/C20H19FN2O3S/c1-3-10-26-17-9-4-13(11-18(17)25-2)20-23-16(12-27-20)19(24)22-15-7-5-14(21)6-8-15/h4-9,11-12H,3,10H2,1-2H3,(H,22,24). The van der Waals surface area contributed by atoms with Crippen molar-refractivity contribution >= 4 is 22.9 Å². The molecule has 0 radical (unpaired) electrons.